The first-order valence-electron chi connectivity index (χ1n) is 7.67. The molecule has 3 rings (SSSR count). The number of methoxy groups -OCH3 is 1. The van der Waals surface area contributed by atoms with E-state index in [1.54, 1.807) is 19.2 Å². The number of pyridine rings is 1. The third kappa shape index (κ3) is 3.44. The molecule has 124 valence electrons. The molecule has 1 aromatic heterocycles. The Balaban J connectivity index is 1.77. The second kappa shape index (κ2) is 7.23. The Morgan fingerprint density at radius 2 is 2.08 bits per heavy atom. The lowest BCUT2D eigenvalue weighted by Gasteiger charge is -2.20. The molecule has 1 aliphatic heterocycles. The first-order chi connectivity index (χ1) is 11.7. The summed E-state index contributed by atoms with van der Waals surface area (Å²) in [5.41, 5.74) is 2.71. The number of hydrogen-bond acceptors (Lipinski definition) is 4. The fraction of sp³-hybridized carbons (Fsp3) is 0.222. The molecule has 0 saturated carbocycles. The van der Waals surface area contributed by atoms with Crippen molar-refractivity contribution in [3.05, 3.63) is 65.4 Å². The van der Waals surface area contributed by atoms with Crippen LogP contribution >= 0.6 is 0 Å². The van der Waals surface area contributed by atoms with Crippen molar-refractivity contribution in [2.24, 2.45) is 0 Å². The Hall–Kier alpha value is -2.73. The molecule has 5 nitrogen and oxygen atoms in total. The van der Waals surface area contributed by atoms with Gasteiger partial charge in [0.2, 0.25) is 0 Å². The largest absolute Gasteiger partial charge is 0.501 e. The van der Waals surface area contributed by atoms with Crippen LogP contribution in [0.3, 0.4) is 0 Å². The van der Waals surface area contributed by atoms with Gasteiger partial charge in [-0.1, -0.05) is 12.1 Å². The van der Waals surface area contributed by atoms with E-state index in [2.05, 4.69) is 15.6 Å². The first kappa shape index (κ1) is 16.1. The number of rotatable bonds is 4. The van der Waals surface area contributed by atoms with Gasteiger partial charge in [-0.2, -0.15) is 0 Å². The molecule has 24 heavy (non-hydrogen) atoms. The van der Waals surface area contributed by atoms with Crippen molar-refractivity contribution in [2.45, 2.75) is 6.42 Å². The molecular formula is C18H18FN3O2. The van der Waals surface area contributed by atoms with Crippen LogP contribution in [0.1, 0.15) is 22.3 Å². The Bertz CT molecular complexity index is 772. The predicted molar refractivity (Wildman–Crippen MR) is 90.0 cm³/mol. The highest BCUT2D eigenvalue weighted by atomic mass is 19.1. The Morgan fingerprint density at radius 3 is 2.79 bits per heavy atom. The zero-order valence-corrected chi connectivity index (χ0v) is 13.3. The van der Waals surface area contributed by atoms with Crippen LogP contribution in [0.25, 0.3) is 5.57 Å². The fourth-order valence-electron chi connectivity index (χ4n) is 2.67. The highest BCUT2D eigenvalue weighted by Gasteiger charge is 2.15. The second-order valence-electron chi connectivity index (χ2n) is 5.42. The Kier molecular flexibility index (Phi) is 4.86. The molecule has 1 aliphatic rings. The van der Waals surface area contributed by atoms with Crippen LogP contribution in [0, 0.1) is 5.82 Å². The van der Waals surface area contributed by atoms with Crippen molar-refractivity contribution in [3.8, 4) is 0 Å². The van der Waals surface area contributed by atoms with Gasteiger partial charge in [0.15, 0.2) is 5.82 Å². The van der Waals surface area contributed by atoms with E-state index in [0.717, 1.165) is 42.6 Å². The van der Waals surface area contributed by atoms with Crippen LogP contribution in [0.5, 0.6) is 0 Å². The van der Waals surface area contributed by atoms with Crippen LogP contribution in [0.2, 0.25) is 0 Å². The van der Waals surface area contributed by atoms with Crippen molar-refractivity contribution >= 4 is 17.2 Å². The Labute approximate surface area is 139 Å². The molecule has 0 bridgehead atoms. The number of aromatic nitrogens is 1. The molecule has 6 heteroatoms. The van der Waals surface area contributed by atoms with E-state index in [4.69, 9.17) is 4.74 Å². The van der Waals surface area contributed by atoms with Gasteiger partial charge in [0, 0.05) is 37.0 Å². The second-order valence-corrected chi connectivity index (χ2v) is 5.42. The summed E-state index contributed by atoms with van der Waals surface area (Å²) in [6.45, 7) is 1.65. The third-order valence-corrected chi connectivity index (χ3v) is 3.92. The van der Waals surface area contributed by atoms with Crippen LogP contribution in [-0.2, 0) is 4.74 Å². The molecule has 0 aliphatic carbocycles. The van der Waals surface area contributed by atoms with E-state index in [9.17, 15) is 9.18 Å². The molecule has 1 aromatic carbocycles. The Morgan fingerprint density at radius 1 is 1.29 bits per heavy atom. The molecule has 0 saturated heterocycles. The van der Waals surface area contributed by atoms with Gasteiger partial charge in [-0.25, -0.2) is 4.39 Å². The molecule has 0 atom stereocenters. The topological polar surface area (TPSA) is 63.2 Å². The van der Waals surface area contributed by atoms with E-state index in [1.165, 1.54) is 12.3 Å². The van der Waals surface area contributed by atoms with Gasteiger partial charge in [-0.15, -0.1) is 0 Å². The smallest absolute Gasteiger partial charge is 0.258 e. The number of amides is 1. The minimum Gasteiger partial charge on any atom is -0.501 e. The molecule has 2 N–H and O–H groups in total. The van der Waals surface area contributed by atoms with E-state index in [-0.39, 0.29) is 5.56 Å². The number of anilines is 1. The summed E-state index contributed by atoms with van der Waals surface area (Å²) in [5, 5.41) is 6.00. The number of nitrogens with one attached hydrogen (secondary N) is 2. The van der Waals surface area contributed by atoms with Gasteiger partial charge in [0.25, 0.3) is 5.91 Å². The lowest BCUT2D eigenvalue weighted by molar-refractivity contribution is 0.102. The zero-order chi connectivity index (χ0) is 16.9. The fourth-order valence-corrected chi connectivity index (χ4v) is 2.67. The minimum atomic E-state index is -0.644. The summed E-state index contributed by atoms with van der Waals surface area (Å²) in [7, 11) is 1.68. The summed E-state index contributed by atoms with van der Waals surface area (Å²) >= 11 is 0. The van der Waals surface area contributed by atoms with Gasteiger partial charge in [0.1, 0.15) is 5.76 Å². The van der Waals surface area contributed by atoms with Crippen molar-refractivity contribution in [3.63, 3.8) is 0 Å². The van der Waals surface area contributed by atoms with Gasteiger partial charge >= 0.3 is 0 Å². The van der Waals surface area contributed by atoms with E-state index < -0.39 is 11.7 Å². The SMILES string of the molecule is COC1=C(c2ccc(NC(=O)c3ccncc3F)cc2)CNCC1. The van der Waals surface area contributed by atoms with Gasteiger partial charge < -0.3 is 15.4 Å². The maximum atomic E-state index is 13.6. The van der Waals surface area contributed by atoms with Crippen molar-refractivity contribution in [1.82, 2.24) is 10.3 Å². The van der Waals surface area contributed by atoms with E-state index >= 15 is 0 Å². The molecular weight excluding hydrogens is 309 g/mol. The maximum absolute atomic E-state index is 13.6. The van der Waals surface area contributed by atoms with Gasteiger partial charge in [-0.3, -0.25) is 9.78 Å². The molecule has 0 fully saturated rings. The number of ether oxygens (including phenoxy) is 1. The summed E-state index contributed by atoms with van der Waals surface area (Å²) in [4.78, 5) is 15.7. The lowest BCUT2D eigenvalue weighted by Crippen LogP contribution is -2.25. The monoisotopic (exact) mass is 327 g/mol. The zero-order valence-electron chi connectivity index (χ0n) is 13.3. The minimum absolute atomic E-state index is 0.0325. The van der Waals surface area contributed by atoms with E-state index in [0.29, 0.717) is 5.69 Å². The van der Waals surface area contributed by atoms with Crippen molar-refractivity contribution in [2.75, 3.05) is 25.5 Å². The first-order valence-corrected chi connectivity index (χ1v) is 7.67. The highest BCUT2D eigenvalue weighted by molar-refractivity contribution is 6.04. The molecule has 0 spiro atoms. The number of benzene rings is 1. The average molecular weight is 327 g/mol. The molecule has 0 radical (unpaired) electrons. The van der Waals surface area contributed by atoms with Crippen molar-refractivity contribution in [1.29, 1.82) is 0 Å². The number of hydrogen-bond donors (Lipinski definition) is 2. The standard InChI is InChI=1S/C18H18FN3O2/c1-24-17-7-9-20-10-15(17)12-2-4-13(5-3-12)22-18(23)14-6-8-21-11-16(14)19/h2-6,8,11,20H,7,9-10H2,1H3,(H,22,23). The lowest BCUT2D eigenvalue weighted by atomic mass is 10.0. The number of carbonyl (C=O) groups is 1. The average Bonchev–Trinajstić information content (AvgIpc) is 2.62. The summed E-state index contributed by atoms with van der Waals surface area (Å²) in [6, 6.07) is 8.77. The molecule has 1 amide bonds. The maximum Gasteiger partial charge on any atom is 0.258 e. The molecule has 2 aromatic rings. The molecule has 0 unspecified atom stereocenters. The normalized spacial score (nSPS) is 14.4. The predicted octanol–water partition coefficient (Wildman–Crippen LogP) is 2.82. The summed E-state index contributed by atoms with van der Waals surface area (Å²) in [6.07, 6.45) is 3.26. The van der Waals surface area contributed by atoms with Crippen LogP contribution < -0.4 is 10.6 Å². The number of carbonyl (C=O) groups excluding carboxylic acids is 1. The third-order valence-electron chi connectivity index (χ3n) is 3.92. The van der Waals surface area contributed by atoms with Gasteiger partial charge in [0.05, 0.1) is 18.9 Å². The van der Waals surface area contributed by atoms with Crippen molar-refractivity contribution < 1.29 is 13.9 Å². The summed E-state index contributed by atoms with van der Waals surface area (Å²) < 4.78 is 19.0. The quantitative estimate of drug-likeness (QED) is 0.906. The number of halogens is 1. The number of nitrogens with zero attached hydrogens (tertiary/aromatic N) is 1. The molecule has 2 heterocycles. The van der Waals surface area contributed by atoms with E-state index in [1.807, 2.05) is 12.1 Å². The van der Waals surface area contributed by atoms with Crippen LogP contribution in [0.15, 0.2) is 48.5 Å². The highest BCUT2D eigenvalue weighted by Crippen LogP contribution is 2.25. The van der Waals surface area contributed by atoms with Crippen LogP contribution in [-0.4, -0.2) is 31.1 Å². The van der Waals surface area contributed by atoms with Crippen LogP contribution in [0.4, 0.5) is 10.1 Å². The summed E-state index contributed by atoms with van der Waals surface area (Å²) in [5.74, 6) is -0.169. The van der Waals surface area contributed by atoms with Gasteiger partial charge in [-0.05, 0) is 23.8 Å².